The Balaban J connectivity index is 2.13. The maximum atomic E-state index is 11.8. The lowest BCUT2D eigenvalue weighted by Gasteiger charge is -2.07. The van der Waals surface area contributed by atoms with Gasteiger partial charge >= 0.3 is 6.09 Å². The van der Waals surface area contributed by atoms with Crippen molar-refractivity contribution in [2.45, 2.75) is 84.1 Å². The first-order valence-corrected chi connectivity index (χ1v) is 11.2. The monoisotopic (exact) mass is 404 g/mol. The molecule has 29 heavy (non-hydrogen) atoms. The van der Waals surface area contributed by atoms with E-state index in [0.717, 1.165) is 32.1 Å². The van der Waals surface area contributed by atoms with Gasteiger partial charge in [-0.25, -0.2) is 14.6 Å². The highest BCUT2D eigenvalue weighted by atomic mass is 16.5. The number of alkyl carbamates (subject to hydrolysis) is 1. The van der Waals surface area contributed by atoms with Crippen molar-refractivity contribution in [1.29, 1.82) is 0 Å². The summed E-state index contributed by atoms with van der Waals surface area (Å²) in [4.78, 5) is 25.3. The Hall–Kier alpha value is -2.20. The molecule has 0 aliphatic carbocycles. The minimum absolute atomic E-state index is 0.357. The van der Waals surface area contributed by atoms with Crippen molar-refractivity contribution in [2.75, 3.05) is 19.7 Å². The molecule has 0 spiro atoms. The highest BCUT2D eigenvalue weighted by Gasteiger charge is 2.10. The Labute approximate surface area is 175 Å². The molecule has 1 amide bonds. The van der Waals surface area contributed by atoms with Crippen LogP contribution in [0.3, 0.4) is 0 Å². The molecule has 0 unspecified atom stereocenters. The van der Waals surface area contributed by atoms with Gasteiger partial charge in [0.05, 0.1) is 6.54 Å². The fourth-order valence-corrected chi connectivity index (χ4v) is 3.24. The number of nitrogens with one attached hydrogen (secondary N) is 1. The van der Waals surface area contributed by atoms with E-state index in [-0.39, 0.29) is 6.09 Å². The largest absolute Gasteiger partial charge is 0.443 e. The topological polar surface area (TPSA) is 71.6 Å². The Morgan fingerprint density at radius 1 is 1.07 bits per heavy atom. The van der Waals surface area contributed by atoms with Crippen LogP contribution >= 0.6 is 0 Å². The standard InChI is InChI=1S/C23H37N3O3/c1-2-3-4-5-6-9-14-22-15-10-13-18-26(22)19-20-29-23(28)25-17-12-8-7-11-16-24-21-27/h10,13,15,18H,2-9,11-12,14,16-17,19-20H2,1H3/p+1. The second kappa shape index (κ2) is 17.9. The number of aromatic nitrogens is 1. The summed E-state index contributed by atoms with van der Waals surface area (Å²) >= 11 is 0. The summed E-state index contributed by atoms with van der Waals surface area (Å²) in [6.07, 6.45) is 15.8. The average Bonchev–Trinajstić information content (AvgIpc) is 2.73. The van der Waals surface area contributed by atoms with E-state index in [2.05, 4.69) is 40.1 Å². The van der Waals surface area contributed by atoms with Crippen LogP contribution in [-0.4, -0.2) is 31.9 Å². The predicted molar refractivity (Wildman–Crippen MR) is 115 cm³/mol. The lowest BCUT2D eigenvalue weighted by molar-refractivity contribution is -0.705. The molecule has 0 fully saturated rings. The van der Waals surface area contributed by atoms with Crippen LogP contribution in [0.4, 0.5) is 4.79 Å². The summed E-state index contributed by atoms with van der Waals surface area (Å²) in [5, 5.41) is 2.79. The Morgan fingerprint density at radius 2 is 1.83 bits per heavy atom. The van der Waals surface area contributed by atoms with Gasteiger partial charge < -0.3 is 10.1 Å². The molecule has 1 rings (SSSR count). The molecule has 6 nitrogen and oxygen atoms in total. The molecule has 1 N–H and O–H groups in total. The van der Waals surface area contributed by atoms with Crippen LogP contribution in [0.1, 0.15) is 76.8 Å². The maximum Gasteiger partial charge on any atom is 0.407 e. The SMILES string of the molecule is CCCCCCCCc1cccc[n+]1CCOC(=O)NCCCCCCN=C=O. The van der Waals surface area contributed by atoms with Gasteiger partial charge in [-0.2, -0.15) is 4.57 Å². The third-order valence-corrected chi connectivity index (χ3v) is 4.92. The fraction of sp³-hybridized carbons (Fsp3) is 0.696. The Bertz CT molecular complexity index is 601. The number of carbonyl (C=O) groups excluding carboxylic acids is 2. The van der Waals surface area contributed by atoms with Crippen molar-refractivity contribution < 1.29 is 18.9 Å². The number of carbonyl (C=O) groups is 1. The zero-order valence-electron chi connectivity index (χ0n) is 18.0. The lowest BCUT2D eigenvalue weighted by atomic mass is 10.1. The van der Waals surface area contributed by atoms with E-state index in [1.165, 1.54) is 50.3 Å². The maximum absolute atomic E-state index is 11.8. The molecule has 6 heteroatoms. The van der Waals surface area contributed by atoms with Crippen LogP contribution in [0, 0.1) is 0 Å². The van der Waals surface area contributed by atoms with Crippen LogP contribution < -0.4 is 9.88 Å². The minimum atomic E-state index is -0.357. The third-order valence-electron chi connectivity index (χ3n) is 4.92. The predicted octanol–water partition coefficient (Wildman–Crippen LogP) is 4.50. The zero-order chi connectivity index (χ0) is 21.0. The molecule has 0 saturated heterocycles. The first-order chi connectivity index (χ1) is 14.3. The van der Waals surface area contributed by atoms with Crippen LogP contribution in [-0.2, 0) is 22.5 Å². The number of rotatable bonds is 17. The van der Waals surface area contributed by atoms with Gasteiger partial charge in [-0.15, -0.1) is 0 Å². The van der Waals surface area contributed by atoms with Crippen LogP contribution in [0.5, 0.6) is 0 Å². The zero-order valence-corrected chi connectivity index (χ0v) is 18.0. The van der Waals surface area contributed by atoms with E-state index in [1.807, 2.05) is 6.07 Å². The first-order valence-electron chi connectivity index (χ1n) is 11.2. The molecule has 1 aromatic heterocycles. The van der Waals surface area contributed by atoms with E-state index in [9.17, 15) is 9.59 Å². The normalized spacial score (nSPS) is 10.4. The number of hydrogen-bond donors (Lipinski definition) is 1. The van der Waals surface area contributed by atoms with Crippen LogP contribution in [0.15, 0.2) is 29.4 Å². The lowest BCUT2D eigenvalue weighted by Crippen LogP contribution is -2.41. The molecular weight excluding hydrogens is 366 g/mol. The molecule has 1 heterocycles. The van der Waals surface area contributed by atoms with E-state index in [1.54, 1.807) is 0 Å². The fourth-order valence-electron chi connectivity index (χ4n) is 3.24. The van der Waals surface area contributed by atoms with Crippen molar-refractivity contribution >= 4 is 12.2 Å². The second-order valence-corrected chi connectivity index (χ2v) is 7.35. The van der Waals surface area contributed by atoms with E-state index in [4.69, 9.17) is 4.74 Å². The number of aryl methyl sites for hydroxylation is 1. The minimum Gasteiger partial charge on any atom is -0.443 e. The van der Waals surface area contributed by atoms with Crippen molar-refractivity contribution in [3.63, 3.8) is 0 Å². The molecule has 0 bridgehead atoms. The highest BCUT2D eigenvalue weighted by Crippen LogP contribution is 2.07. The smallest absolute Gasteiger partial charge is 0.407 e. The summed E-state index contributed by atoms with van der Waals surface area (Å²) < 4.78 is 7.48. The van der Waals surface area contributed by atoms with Crippen LogP contribution in [0.2, 0.25) is 0 Å². The number of amides is 1. The van der Waals surface area contributed by atoms with Crippen LogP contribution in [0.25, 0.3) is 0 Å². The first kappa shape index (κ1) is 24.8. The van der Waals surface area contributed by atoms with Gasteiger partial charge in [0.1, 0.15) is 0 Å². The number of hydrogen-bond acceptors (Lipinski definition) is 4. The number of isocyanates is 1. The van der Waals surface area contributed by atoms with E-state index < -0.39 is 0 Å². The molecule has 1 aromatic rings. The number of unbranched alkanes of at least 4 members (excludes halogenated alkanes) is 8. The second-order valence-electron chi connectivity index (χ2n) is 7.35. The van der Waals surface area contributed by atoms with Crippen molar-refractivity contribution in [1.82, 2.24) is 5.32 Å². The highest BCUT2D eigenvalue weighted by molar-refractivity contribution is 5.66. The van der Waals surface area contributed by atoms with E-state index in [0.29, 0.717) is 26.2 Å². The number of aliphatic imine (C=N–C) groups is 1. The molecule has 0 atom stereocenters. The van der Waals surface area contributed by atoms with Gasteiger partial charge in [0, 0.05) is 25.1 Å². The molecule has 0 radical (unpaired) electrons. The summed E-state index contributed by atoms with van der Waals surface area (Å²) in [7, 11) is 0. The van der Waals surface area contributed by atoms with E-state index >= 15 is 0 Å². The molecule has 0 aliphatic rings. The molecule has 162 valence electrons. The van der Waals surface area contributed by atoms with Gasteiger partial charge in [0.2, 0.25) is 6.08 Å². The summed E-state index contributed by atoms with van der Waals surface area (Å²) in [6.45, 7) is 4.43. The average molecular weight is 405 g/mol. The Kier molecular flexibility index (Phi) is 15.3. The number of pyridine rings is 1. The summed E-state index contributed by atoms with van der Waals surface area (Å²) in [6, 6.07) is 6.25. The molecular formula is C23H38N3O3+. The summed E-state index contributed by atoms with van der Waals surface area (Å²) in [5.74, 6) is 0. The third kappa shape index (κ3) is 13.6. The number of ether oxygens (including phenoxy) is 1. The summed E-state index contributed by atoms with van der Waals surface area (Å²) in [5.41, 5.74) is 1.30. The van der Waals surface area contributed by atoms with Gasteiger partial charge in [-0.05, 0) is 19.3 Å². The number of nitrogens with zero attached hydrogens (tertiary/aromatic N) is 2. The van der Waals surface area contributed by atoms with Gasteiger partial charge in [-0.1, -0.05) is 57.9 Å². The molecule has 0 saturated carbocycles. The van der Waals surface area contributed by atoms with Crippen molar-refractivity contribution in [3.8, 4) is 0 Å². The van der Waals surface area contributed by atoms with Crippen molar-refractivity contribution in [2.24, 2.45) is 4.99 Å². The van der Waals surface area contributed by atoms with Gasteiger partial charge in [0.15, 0.2) is 25.0 Å². The van der Waals surface area contributed by atoms with Gasteiger partial charge in [0.25, 0.3) is 0 Å². The van der Waals surface area contributed by atoms with Gasteiger partial charge in [-0.3, -0.25) is 0 Å². The Morgan fingerprint density at radius 3 is 2.66 bits per heavy atom. The molecule has 0 aromatic carbocycles. The van der Waals surface area contributed by atoms with Crippen molar-refractivity contribution in [3.05, 3.63) is 30.1 Å². The molecule has 0 aliphatic heterocycles. The quantitative estimate of drug-likeness (QED) is 0.180.